The predicted molar refractivity (Wildman–Crippen MR) is 55.7 cm³/mol. The van der Waals surface area contributed by atoms with Gasteiger partial charge in [-0.25, -0.2) is 0 Å². The van der Waals surface area contributed by atoms with Crippen molar-refractivity contribution in [1.29, 1.82) is 0 Å². The second-order valence-electron chi connectivity index (χ2n) is 5.00. The molecule has 0 radical (unpaired) electrons. The van der Waals surface area contributed by atoms with E-state index in [1.54, 1.807) is 0 Å². The molecule has 0 bridgehead atoms. The van der Waals surface area contributed by atoms with Crippen LogP contribution in [0.2, 0.25) is 0 Å². The van der Waals surface area contributed by atoms with Crippen molar-refractivity contribution in [1.82, 2.24) is 10.2 Å². The molecule has 1 saturated carbocycles. The maximum atomic E-state index is 12.2. The van der Waals surface area contributed by atoms with Crippen molar-refractivity contribution in [2.24, 2.45) is 5.92 Å². The number of rotatable bonds is 2. The standard InChI is InChI=1S/C11H20N2O/c1-5-11(4)10(14)13(8(3)12-11)9-6-7(9)2/h7-9,12H,5-6H2,1-4H3. The molecular formula is C11H20N2O. The van der Waals surface area contributed by atoms with Crippen LogP contribution in [0.5, 0.6) is 0 Å². The normalized spacial score (nSPS) is 47.3. The zero-order chi connectivity index (χ0) is 10.5. The summed E-state index contributed by atoms with van der Waals surface area (Å²) in [6, 6.07) is 0.498. The molecule has 1 aliphatic heterocycles. The number of carbonyl (C=O) groups is 1. The van der Waals surface area contributed by atoms with Gasteiger partial charge in [0.1, 0.15) is 0 Å². The van der Waals surface area contributed by atoms with Gasteiger partial charge in [-0.05, 0) is 32.6 Å². The molecule has 1 amide bonds. The molecular weight excluding hydrogens is 176 g/mol. The smallest absolute Gasteiger partial charge is 0.244 e. The Morgan fingerprint density at radius 1 is 1.57 bits per heavy atom. The minimum absolute atomic E-state index is 0.211. The molecule has 0 spiro atoms. The fourth-order valence-electron chi connectivity index (χ4n) is 2.43. The summed E-state index contributed by atoms with van der Waals surface area (Å²) in [5.41, 5.74) is -0.318. The largest absolute Gasteiger partial charge is 0.323 e. The van der Waals surface area contributed by atoms with Crippen molar-refractivity contribution in [3.63, 3.8) is 0 Å². The lowest BCUT2D eigenvalue weighted by molar-refractivity contribution is -0.133. The second kappa shape index (κ2) is 2.96. The monoisotopic (exact) mass is 196 g/mol. The van der Waals surface area contributed by atoms with Crippen LogP contribution in [0.25, 0.3) is 0 Å². The lowest BCUT2D eigenvalue weighted by Gasteiger charge is -2.21. The van der Waals surface area contributed by atoms with E-state index in [0.29, 0.717) is 17.9 Å². The van der Waals surface area contributed by atoms with Gasteiger partial charge in [0.25, 0.3) is 0 Å². The highest BCUT2D eigenvalue weighted by molar-refractivity contribution is 5.88. The van der Waals surface area contributed by atoms with Crippen molar-refractivity contribution < 1.29 is 4.79 Å². The zero-order valence-corrected chi connectivity index (χ0v) is 9.50. The third-order valence-corrected chi connectivity index (χ3v) is 3.78. The number of hydrogen-bond acceptors (Lipinski definition) is 2. The van der Waals surface area contributed by atoms with E-state index in [9.17, 15) is 4.79 Å². The van der Waals surface area contributed by atoms with Gasteiger partial charge in [-0.2, -0.15) is 0 Å². The highest BCUT2D eigenvalue weighted by Gasteiger charge is 2.52. The number of nitrogens with one attached hydrogen (secondary N) is 1. The maximum absolute atomic E-state index is 12.2. The summed E-state index contributed by atoms with van der Waals surface area (Å²) < 4.78 is 0. The van der Waals surface area contributed by atoms with Gasteiger partial charge < -0.3 is 4.90 Å². The van der Waals surface area contributed by atoms with Crippen molar-refractivity contribution in [3.05, 3.63) is 0 Å². The molecule has 1 heterocycles. The first kappa shape index (κ1) is 9.97. The third kappa shape index (κ3) is 1.26. The van der Waals surface area contributed by atoms with Crippen molar-refractivity contribution in [2.75, 3.05) is 0 Å². The van der Waals surface area contributed by atoms with Gasteiger partial charge in [0.15, 0.2) is 0 Å². The number of carbonyl (C=O) groups excluding carboxylic acids is 1. The Labute approximate surface area is 85.8 Å². The summed E-state index contributed by atoms with van der Waals surface area (Å²) in [5.74, 6) is 0.990. The van der Waals surface area contributed by atoms with Crippen LogP contribution in [0.3, 0.4) is 0 Å². The van der Waals surface area contributed by atoms with Crippen molar-refractivity contribution >= 4 is 5.91 Å². The molecule has 4 atom stereocenters. The van der Waals surface area contributed by atoms with Gasteiger partial charge in [-0.3, -0.25) is 10.1 Å². The molecule has 0 aromatic rings. The average molecular weight is 196 g/mol. The molecule has 1 saturated heterocycles. The molecule has 14 heavy (non-hydrogen) atoms. The van der Waals surface area contributed by atoms with E-state index in [1.165, 1.54) is 6.42 Å². The molecule has 2 fully saturated rings. The van der Waals surface area contributed by atoms with Crippen LogP contribution in [0.1, 0.15) is 40.5 Å². The number of hydrogen-bond donors (Lipinski definition) is 1. The van der Waals surface area contributed by atoms with Crippen molar-refractivity contribution in [3.8, 4) is 0 Å². The Hall–Kier alpha value is -0.570. The lowest BCUT2D eigenvalue weighted by atomic mass is 9.99. The fraction of sp³-hybridized carbons (Fsp3) is 0.909. The van der Waals surface area contributed by atoms with Crippen LogP contribution in [-0.4, -0.2) is 28.6 Å². The van der Waals surface area contributed by atoms with E-state index < -0.39 is 0 Å². The van der Waals surface area contributed by atoms with Gasteiger partial charge in [0.05, 0.1) is 11.7 Å². The maximum Gasteiger partial charge on any atom is 0.244 e. The molecule has 1 aliphatic carbocycles. The van der Waals surface area contributed by atoms with E-state index >= 15 is 0 Å². The van der Waals surface area contributed by atoms with E-state index in [1.807, 2.05) is 11.8 Å². The van der Waals surface area contributed by atoms with Gasteiger partial charge in [0.2, 0.25) is 5.91 Å². The predicted octanol–water partition coefficient (Wildman–Crippen LogP) is 1.34. The van der Waals surface area contributed by atoms with E-state index in [-0.39, 0.29) is 11.7 Å². The van der Waals surface area contributed by atoms with E-state index in [0.717, 1.165) is 6.42 Å². The first-order valence-electron chi connectivity index (χ1n) is 5.60. The van der Waals surface area contributed by atoms with Gasteiger partial charge in [-0.15, -0.1) is 0 Å². The summed E-state index contributed by atoms with van der Waals surface area (Å²) in [7, 11) is 0. The van der Waals surface area contributed by atoms with E-state index in [4.69, 9.17) is 0 Å². The Balaban J connectivity index is 2.16. The topological polar surface area (TPSA) is 32.3 Å². The average Bonchev–Trinajstić information content (AvgIpc) is 2.76. The summed E-state index contributed by atoms with van der Waals surface area (Å²) in [6.07, 6.45) is 2.26. The van der Waals surface area contributed by atoms with Gasteiger partial charge in [-0.1, -0.05) is 13.8 Å². The molecule has 2 rings (SSSR count). The first-order chi connectivity index (χ1) is 6.49. The zero-order valence-electron chi connectivity index (χ0n) is 9.50. The highest BCUT2D eigenvalue weighted by Crippen LogP contribution is 2.39. The number of nitrogens with zero attached hydrogens (tertiary/aromatic N) is 1. The van der Waals surface area contributed by atoms with Crippen LogP contribution in [-0.2, 0) is 4.79 Å². The van der Waals surface area contributed by atoms with Crippen molar-refractivity contribution in [2.45, 2.75) is 58.3 Å². The number of amides is 1. The lowest BCUT2D eigenvalue weighted by Crippen LogP contribution is -2.43. The molecule has 0 aromatic heterocycles. The Morgan fingerprint density at radius 3 is 2.50 bits per heavy atom. The van der Waals surface area contributed by atoms with Crippen LogP contribution >= 0.6 is 0 Å². The molecule has 3 heteroatoms. The Morgan fingerprint density at radius 2 is 2.14 bits per heavy atom. The Bertz CT molecular complexity index is 266. The van der Waals surface area contributed by atoms with Gasteiger partial charge >= 0.3 is 0 Å². The Kier molecular flexibility index (Phi) is 2.11. The van der Waals surface area contributed by atoms with Crippen LogP contribution in [0.15, 0.2) is 0 Å². The summed E-state index contributed by atoms with van der Waals surface area (Å²) in [6.45, 7) is 8.38. The van der Waals surface area contributed by atoms with Crippen LogP contribution in [0.4, 0.5) is 0 Å². The molecule has 80 valence electrons. The minimum atomic E-state index is -0.318. The molecule has 3 nitrogen and oxygen atoms in total. The molecule has 2 aliphatic rings. The quantitative estimate of drug-likeness (QED) is 0.723. The highest BCUT2D eigenvalue weighted by atomic mass is 16.2. The van der Waals surface area contributed by atoms with E-state index in [2.05, 4.69) is 26.1 Å². The summed E-state index contributed by atoms with van der Waals surface area (Å²) >= 11 is 0. The molecule has 4 unspecified atom stereocenters. The molecule has 1 N–H and O–H groups in total. The fourth-order valence-corrected chi connectivity index (χ4v) is 2.43. The van der Waals surface area contributed by atoms with Gasteiger partial charge in [0, 0.05) is 6.04 Å². The SMILES string of the molecule is CCC1(C)NC(C)N(C2CC2C)C1=O. The van der Waals surface area contributed by atoms with Crippen LogP contribution < -0.4 is 5.32 Å². The summed E-state index contributed by atoms with van der Waals surface area (Å²) in [5, 5.41) is 3.40. The summed E-state index contributed by atoms with van der Waals surface area (Å²) in [4.78, 5) is 14.2. The van der Waals surface area contributed by atoms with Crippen LogP contribution in [0, 0.1) is 5.92 Å². The molecule has 0 aromatic carbocycles. The third-order valence-electron chi connectivity index (χ3n) is 3.78. The second-order valence-corrected chi connectivity index (χ2v) is 5.00. The first-order valence-corrected chi connectivity index (χ1v) is 5.60. The minimum Gasteiger partial charge on any atom is -0.323 e.